The van der Waals surface area contributed by atoms with Gasteiger partial charge in [-0.3, -0.25) is 14.9 Å². The summed E-state index contributed by atoms with van der Waals surface area (Å²) in [6, 6.07) is 22.0. The molecule has 0 spiro atoms. The maximum absolute atomic E-state index is 14.3. The first-order valence-electron chi connectivity index (χ1n) is 10.3. The summed E-state index contributed by atoms with van der Waals surface area (Å²) >= 11 is 0. The molecule has 162 valence electrons. The first-order valence-corrected chi connectivity index (χ1v) is 10.3. The summed E-state index contributed by atoms with van der Waals surface area (Å²) in [5, 5.41) is 2.98. The molecule has 0 radical (unpaired) electrons. The molecule has 1 aliphatic heterocycles. The normalized spacial score (nSPS) is 15.4. The van der Waals surface area contributed by atoms with Crippen LogP contribution in [0.3, 0.4) is 0 Å². The number of hydrogen-bond donors (Lipinski definition) is 1. The lowest BCUT2D eigenvalue weighted by atomic mass is 10.1. The standard InChI is InChI=1S/C26H18FN3O3/c27-21-11-5-7-13-23(21)30-25(32)20(24(31)28-26(30)33)14-18-16-29(15-17-8-2-1-3-9-17)22-12-6-4-10-19(18)22/h1-14,16H,15H2,(H,28,31,33)/b20-14+. The maximum atomic E-state index is 14.3. The molecule has 4 aromatic rings. The van der Waals surface area contributed by atoms with Crippen LogP contribution in [0.4, 0.5) is 14.9 Å². The monoisotopic (exact) mass is 439 g/mol. The van der Waals surface area contributed by atoms with E-state index in [2.05, 4.69) is 5.32 Å². The zero-order chi connectivity index (χ0) is 22.9. The Bertz CT molecular complexity index is 1440. The van der Waals surface area contributed by atoms with Crippen molar-refractivity contribution in [1.29, 1.82) is 0 Å². The Balaban J connectivity index is 1.59. The summed E-state index contributed by atoms with van der Waals surface area (Å²) in [5.74, 6) is -2.44. The lowest BCUT2D eigenvalue weighted by Crippen LogP contribution is -2.54. The average Bonchev–Trinajstić information content (AvgIpc) is 3.16. The maximum Gasteiger partial charge on any atom is 0.336 e. The van der Waals surface area contributed by atoms with Crippen LogP contribution >= 0.6 is 0 Å². The number of carbonyl (C=O) groups is 3. The van der Waals surface area contributed by atoms with Gasteiger partial charge in [0.25, 0.3) is 11.8 Å². The molecule has 1 N–H and O–H groups in total. The van der Waals surface area contributed by atoms with Crippen LogP contribution in [-0.4, -0.2) is 22.4 Å². The molecule has 1 aliphatic rings. The largest absolute Gasteiger partial charge is 0.342 e. The third-order valence-corrected chi connectivity index (χ3v) is 5.51. The second-order valence-corrected chi connectivity index (χ2v) is 7.62. The molecule has 0 aliphatic carbocycles. The molecule has 0 saturated carbocycles. The number of nitrogens with zero attached hydrogens (tertiary/aromatic N) is 2. The highest BCUT2D eigenvalue weighted by Gasteiger charge is 2.38. The van der Waals surface area contributed by atoms with E-state index in [4.69, 9.17) is 0 Å². The second kappa shape index (κ2) is 8.20. The van der Waals surface area contributed by atoms with Crippen molar-refractivity contribution in [2.75, 3.05) is 4.90 Å². The molecule has 7 heteroatoms. The van der Waals surface area contributed by atoms with Crippen LogP contribution in [0.25, 0.3) is 17.0 Å². The van der Waals surface area contributed by atoms with Crippen LogP contribution in [0.5, 0.6) is 0 Å². The molecule has 4 amide bonds. The van der Waals surface area contributed by atoms with Gasteiger partial charge in [0.15, 0.2) is 0 Å². The van der Waals surface area contributed by atoms with Gasteiger partial charge in [-0.2, -0.15) is 0 Å². The highest BCUT2D eigenvalue weighted by atomic mass is 19.1. The van der Waals surface area contributed by atoms with Crippen LogP contribution in [0.15, 0.2) is 90.6 Å². The van der Waals surface area contributed by atoms with Gasteiger partial charge >= 0.3 is 6.03 Å². The van der Waals surface area contributed by atoms with E-state index in [1.807, 2.05) is 65.4 Å². The van der Waals surface area contributed by atoms with E-state index in [9.17, 15) is 18.8 Å². The molecule has 0 atom stereocenters. The summed E-state index contributed by atoms with van der Waals surface area (Å²) < 4.78 is 16.3. The number of benzene rings is 3. The van der Waals surface area contributed by atoms with E-state index < -0.39 is 23.7 Å². The molecule has 0 unspecified atom stereocenters. The Morgan fingerprint density at radius 1 is 0.848 bits per heavy atom. The van der Waals surface area contributed by atoms with Gasteiger partial charge in [0.2, 0.25) is 0 Å². The first-order chi connectivity index (χ1) is 16.0. The SMILES string of the molecule is O=C1NC(=O)N(c2ccccc2F)C(=O)/C1=C/c1cn(Cc2ccccc2)c2ccccc12. The number of para-hydroxylation sites is 2. The molecule has 3 aromatic carbocycles. The summed E-state index contributed by atoms with van der Waals surface area (Å²) in [4.78, 5) is 38.7. The molecule has 2 heterocycles. The van der Waals surface area contributed by atoms with Gasteiger partial charge in [-0.25, -0.2) is 14.1 Å². The quantitative estimate of drug-likeness (QED) is 0.376. The van der Waals surface area contributed by atoms with Gasteiger partial charge in [-0.05, 0) is 29.8 Å². The smallest absolute Gasteiger partial charge is 0.336 e. The van der Waals surface area contributed by atoms with Gasteiger partial charge in [-0.15, -0.1) is 0 Å². The van der Waals surface area contributed by atoms with Crippen molar-refractivity contribution in [2.24, 2.45) is 0 Å². The van der Waals surface area contributed by atoms with Crippen molar-refractivity contribution in [3.05, 3.63) is 108 Å². The number of urea groups is 1. The third-order valence-electron chi connectivity index (χ3n) is 5.51. The fourth-order valence-electron chi connectivity index (χ4n) is 3.97. The first kappa shape index (κ1) is 20.4. The van der Waals surface area contributed by atoms with Crippen LogP contribution in [0.1, 0.15) is 11.1 Å². The molecular formula is C26H18FN3O3. The Morgan fingerprint density at radius 2 is 1.55 bits per heavy atom. The molecule has 0 bridgehead atoms. The number of barbiturate groups is 1. The predicted molar refractivity (Wildman–Crippen MR) is 123 cm³/mol. The number of amides is 4. The molecule has 33 heavy (non-hydrogen) atoms. The Labute approximate surface area is 188 Å². The minimum atomic E-state index is -0.987. The second-order valence-electron chi connectivity index (χ2n) is 7.62. The van der Waals surface area contributed by atoms with Crippen molar-refractivity contribution >= 4 is 40.5 Å². The van der Waals surface area contributed by atoms with Crippen molar-refractivity contribution in [1.82, 2.24) is 9.88 Å². The number of rotatable bonds is 4. The zero-order valence-corrected chi connectivity index (χ0v) is 17.4. The fraction of sp³-hybridized carbons (Fsp3) is 0.0385. The molecule has 6 nitrogen and oxygen atoms in total. The molecule has 1 aromatic heterocycles. The topological polar surface area (TPSA) is 71.4 Å². The molecule has 5 rings (SSSR count). The number of halogens is 1. The van der Waals surface area contributed by atoms with Gasteiger partial charge in [0.1, 0.15) is 11.4 Å². The highest BCUT2D eigenvalue weighted by Crippen LogP contribution is 2.28. The number of carbonyl (C=O) groups excluding carboxylic acids is 3. The Morgan fingerprint density at radius 3 is 2.33 bits per heavy atom. The molecule has 1 saturated heterocycles. The van der Waals surface area contributed by atoms with Crippen LogP contribution < -0.4 is 10.2 Å². The minimum Gasteiger partial charge on any atom is -0.342 e. The lowest BCUT2D eigenvalue weighted by Gasteiger charge is -2.26. The van der Waals surface area contributed by atoms with E-state index in [-0.39, 0.29) is 11.3 Å². The summed E-state index contributed by atoms with van der Waals surface area (Å²) in [6.45, 7) is 0.602. The van der Waals surface area contributed by atoms with Crippen molar-refractivity contribution in [3.8, 4) is 0 Å². The summed E-state index contributed by atoms with van der Waals surface area (Å²) in [7, 11) is 0. The van der Waals surface area contributed by atoms with E-state index in [1.54, 1.807) is 0 Å². The van der Waals surface area contributed by atoms with Crippen molar-refractivity contribution in [3.63, 3.8) is 0 Å². The Hall–Kier alpha value is -4.52. The van der Waals surface area contributed by atoms with Crippen LogP contribution in [-0.2, 0) is 16.1 Å². The van der Waals surface area contributed by atoms with Crippen molar-refractivity contribution < 1.29 is 18.8 Å². The van der Waals surface area contributed by atoms with Gasteiger partial charge in [0.05, 0.1) is 5.69 Å². The molecular weight excluding hydrogens is 421 g/mol. The molecule has 1 fully saturated rings. The third kappa shape index (κ3) is 3.70. The highest BCUT2D eigenvalue weighted by molar-refractivity contribution is 6.39. The average molecular weight is 439 g/mol. The Kier molecular flexibility index (Phi) is 5.06. The number of imide groups is 2. The lowest BCUT2D eigenvalue weighted by molar-refractivity contribution is -0.122. The van der Waals surface area contributed by atoms with E-state index in [1.165, 1.54) is 24.3 Å². The fourth-order valence-corrected chi connectivity index (χ4v) is 3.97. The minimum absolute atomic E-state index is 0.218. The van der Waals surface area contributed by atoms with Crippen LogP contribution in [0, 0.1) is 5.82 Å². The van der Waals surface area contributed by atoms with Gasteiger partial charge in [0, 0.05) is 29.2 Å². The van der Waals surface area contributed by atoms with E-state index >= 15 is 0 Å². The van der Waals surface area contributed by atoms with Gasteiger partial charge in [-0.1, -0.05) is 60.7 Å². The number of hydrogen-bond acceptors (Lipinski definition) is 3. The van der Waals surface area contributed by atoms with E-state index in [0.717, 1.165) is 22.5 Å². The van der Waals surface area contributed by atoms with Gasteiger partial charge < -0.3 is 4.57 Å². The summed E-state index contributed by atoms with van der Waals surface area (Å²) in [5.41, 5.74) is 2.20. The summed E-state index contributed by atoms with van der Waals surface area (Å²) in [6.07, 6.45) is 3.30. The number of fused-ring (bicyclic) bond motifs is 1. The predicted octanol–water partition coefficient (Wildman–Crippen LogP) is 4.50. The van der Waals surface area contributed by atoms with Crippen LogP contribution in [0.2, 0.25) is 0 Å². The van der Waals surface area contributed by atoms with Crippen molar-refractivity contribution in [2.45, 2.75) is 6.54 Å². The number of anilines is 1. The van der Waals surface area contributed by atoms with E-state index in [0.29, 0.717) is 17.0 Å². The number of aromatic nitrogens is 1. The number of nitrogens with one attached hydrogen (secondary N) is 1. The zero-order valence-electron chi connectivity index (χ0n) is 17.4.